The first-order valence-electron chi connectivity index (χ1n) is 14.3. The van der Waals surface area contributed by atoms with E-state index < -0.39 is 14.1 Å². The molecule has 36 heavy (non-hydrogen) atoms. The molecule has 2 unspecified atom stereocenters. The first kappa shape index (κ1) is 31.5. The van der Waals surface area contributed by atoms with Crippen LogP contribution in [0.5, 0.6) is 0 Å². The molecule has 2 aliphatic rings. The van der Waals surface area contributed by atoms with Gasteiger partial charge in [-0.15, -0.1) is 0 Å². The van der Waals surface area contributed by atoms with Gasteiger partial charge in [0.05, 0.1) is 32.5 Å². The van der Waals surface area contributed by atoms with Gasteiger partial charge in [-0.2, -0.15) is 0 Å². The number of rotatable bonds is 15. The summed E-state index contributed by atoms with van der Waals surface area (Å²) in [5, 5.41) is 11.3. The number of ether oxygens (including phenoxy) is 3. The molecule has 0 radical (unpaired) electrons. The number of allylic oxidation sites excluding steroid dienone is 2. The number of carbonyl (C=O) groups is 1. The number of hydrogen-bond acceptors (Lipinski definition) is 6. The smallest absolute Gasteiger partial charge is 0.305 e. The lowest BCUT2D eigenvalue weighted by molar-refractivity contribution is -0.171. The highest BCUT2D eigenvalue weighted by Gasteiger charge is 2.48. The third-order valence-electron chi connectivity index (χ3n) is 8.64. The van der Waals surface area contributed by atoms with Crippen molar-refractivity contribution in [3.8, 4) is 0 Å². The quantitative estimate of drug-likeness (QED) is 0.110. The Morgan fingerprint density at radius 3 is 2.39 bits per heavy atom. The van der Waals surface area contributed by atoms with Crippen molar-refractivity contribution in [2.75, 3.05) is 20.3 Å². The van der Waals surface area contributed by atoms with E-state index in [9.17, 15) is 9.90 Å². The molecule has 1 saturated carbocycles. The number of hydrogen-bond donors (Lipinski definition) is 1. The van der Waals surface area contributed by atoms with Crippen molar-refractivity contribution in [2.45, 2.75) is 134 Å². The van der Waals surface area contributed by atoms with Crippen LogP contribution in [-0.2, 0) is 23.4 Å². The van der Waals surface area contributed by atoms with Gasteiger partial charge in [0, 0.05) is 19.3 Å². The van der Waals surface area contributed by atoms with Crippen molar-refractivity contribution < 1.29 is 28.5 Å². The summed E-state index contributed by atoms with van der Waals surface area (Å²) >= 11 is 0. The zero-order valence-electron chi connectivity index (χ0n) is 24.1. The fourth-order valence-electron chi connectivity index (χ4n) is 5.35. The van der Waals surface area contributed by atoms with Gasteiger partial charge in [-0.3, -0.25) is 4.79 Å². The zero-order chi connectivity index (χ0) is 26.8. The van der Waals surface area contributed by atoms with Gasteiger partial charge in [-0.25, -0.2) is 0 Å². The van der Waals surface area contributed by atoms with Crippen molar-refractivity contribution in [2.24, 2.45) is 11.8 Å². The highest BCUT2D eigenvalue weighted by Crippen LogP contribution is 2.46. The van der Waals surface area contributed by atoms with Crippen molar-refractivity contribution in [3.63, 3.8) is 0 Å². The Bertz CT molecular complexity index is 680. The Morgan fingerprint density at radius 2 is 1.78 bits per heavy atom. The molecular weight excluding hydrogens is 472 g/mol. The molecule has 0 bridgehead atoms. The lowest BCUT2D eigenvalue weighted by atomic mass is 9.85. The summed E-state index contributed by atoms with van der Waals surface area (Å²) in [5.74, 6) is -0.210. The second kappa shape index (κ2) is 14.4. The van der Waals surface area contributed by atoms with E-state index in [1.807, 2.05) is 0 Å². The predicted molar refractivity (Wildman–Crippen MR) is 147 cm³/mol. The van der Waals surface area contributed by atoms with E-state index in [2.05, 4.69) is 52.9 Å². The van der Waals surface area contributed by atoms with E-state index in [1.165, 1.54) is 20.0 Å². The second-order valence-electron chi connectivity index (χ2n) is 12.3. The molecule has 7 heteroatoms. The minimum absolute atomic E-state index is 0.0627. The molecule has 1 aliphatic carbocycles. The van der Waals surface area contributed by atoms with Crippen LogP contribution >= 0.6 is 0 Å². The topological polar surface area (TPSA) is 74.2 Å². The largest absolute Gasteiger partial charge is 0.469 e. The van der Waals surface area contributed by atoms with Gasteiger partial charge in [-0.05, 0) is 68.5 Å². The molecule has 210 valence electrons. The maximum atomic E-state index is 11.3. The number of aliphatic hydroxyl groups excluding tert-OH is 1. The van der Waals surface area contributed by atoms with Crippen LogP contribution in [0.15, 0.2) is 12.2 Å². The molecule has 2 rings (SSSR count). The molecule has 0 aromatic carbocycles. The molecule has 0 spiro atoms. The Morgan fingerprint density at radius 1 is 1.08 bits per heavy atom. The Labute approximate surface area is 221 Å². The number of esters is 1. The SMILES string of the molecule is CCCCCC1(CC[C@H]2C(O[Si](C)(C)C(C)(C)C)CC(O)[C@@H]2CC=CCCCC(=O)OC)OCCO1. The standard InChI is InChI=1S/C29H54O6Si/c1-8-9-14-18-29(33-20-21-34-29)19-17-24-23(15-12-10-11-13-16-27(31)32-5)25(30)22-26(24)35-36(6,7)28(2,3)4/h10,12,23-26,30H,8-9,11,13-22H2,1-7H3/t23-,24-,25?,26?/m1/s1. The van der Waals surface area contributed by atoms with Crippen LogP contribution in [0.25, 0.3) is 0 Å². The molecule has 0 aromatic rings. The fraction of sp³-hybridized carbons (Fsp3) is 0.897. The summed E-state index contributed by atoms with van der Waals surface area (Å²) in [5.41, 5.74) is 0. The van der Waals surface area contributed by atoms with E-state index in [-0.39, 0.29) is 35.1 Å². The van der Waals surface area contributed by atoms with Crippen LogP contribution in [0.3, 0.4) is 0 Å². The van der Waals surface area contributed by atoms with Crippen molar-refractivity contribution >= 4 is 14.3 Å². The highest BCUT2D eigenvalue weighted by molar-refractivity contribution is 6.74. The lowest BCUT2D eigenvalue weighted by Gasteiger charge is -2.40. The Kier molecular flexibility index (Phi) is 12.6. The van der Waals surface area contributed by atoms with Crippen LogP contribution < -0.4 is 0 Å². The summed E-state index contributed by atoms with van der Waals surface area (Å²) in [6.45, 7) is 15.0. The minimum Gasteiger partial charge on any atom is -0.469 e. The van der Waals surface area contributed by atoms with Crippen molar-refractivity contribution in [1.29, 1.82) is 0 Å². The molecule has 2 fully saturated rings. The maximum Gasteiger partial charge on any atom is 0.305 e. The maximum absolute atomic E-state index is 11.3. The normalized spacial score (nSPS) is 26.7. The third-order valence-corrected chi connectivity index (χ3v) is 13.1. The van der Waals surface area contributed by atoms with Gasteiger partial charge in [0.25, 0.3) is 0 Å². The van der Waals surface area contributed by atoms with Gasteiger partial charge < -0.3 is 23.7 Å². The number of aliphatic hydroxyl groups is 1. The van der Waals surface area contributed by atoms with Gasteiger partial charge in [-0.1, -0.05) is 52.7 Å². The van der Waals surface area contributed by atoms with Gasteiger partial charge in [0.2, 0.25) is 0 Å². The lowest BCUT2D eigenvalue weighted by Crippen LogP contribution is -2.45. The molecular formula is C29H54O6Si. The first-order chi connectivity index (χ1) is 16.9. The van der Waals surface area contributed by atoms with E-state index in [0.29, 0.717) is 26.1 Å². The first-order valence-corrected chi connectivity index (χ1v) is 17.2. The Hall–Kier alpha value is -0.733. The van der Waals surface area contributed by atoms with E-state index in [4.69, 9.17) is 18.6 Å². The summed E-state index contributed by atoms with van der Waals surface area (Å²) < 4.78 is 24.0. The zero-order valence-corrected chi connectivity index (χ0v) is 25.1. The summed E-state index contributed by atoms with van der Waals surface area (Å²) in [6.07, 6.45) is 13.8. The van der Waals surface area contributed by atoms with Gasteiger partial charge in [0.15, 0.2) is 14.1 Å². The third kappa shape index (κ3) is 9.23. The van der Waals surface area contributed by atoms with Crippen molar-refractivity contribution in [3.05, 3.63) is 12.2 Å². The van der Waals surface area contributed by atoms with Gasteiger partial charge in [0.1, 0.15) is 0 Å². The van der Waals surface area contributed by atoms with Crippen LogP contribution in [0.4, 0.5) is 0 Å². The molecule has 0 aromatic heterocycles. The minimum atomic E-state index is -1.97. The molecule has 6 nitrogen and oxygen atoms in total. The molecule has 1 N–H and O–H groups in total. The summed E-state index contributed by atoms with van der Waals surface area (Å²) in [4.78, 5) is 11.3. The average molecular weight is 527 g/mol. The fourth-order valence-corrected chi connectivity index (χ4v) is 6.73. The van der Waals surface area contributed by atoms with E-state index in [0.717, 1.165) is 44.9 Å². The molecule has 1 saturated heterocycles. The van der Waals surface area contributed by atoms with Crippen LogP contribution in [0, 0.1) is 11.8 Å². The molecule has 4 atom stereocenters. The summed E-state index contributed by atoms with van der Waals surface area (Å²) in [6, 6.07) is 0. The Balaban J connectivity index is 2.10. The molecule has 0 amide bonds. The summed E-state index contributed by atoms with van der Waals surface area (Å²) in [7, 11) is -0.547. The van der Waals surface area contributed by atoms with Gasteiger partial charge >= 0.3 is 5.97 Å². The predicted octanol–water partition coefficient (Wildman–Crippen LogP) is 6.77. The van der Waals surface area contributed by atoms with Crippen molar-refractivity contribution in [1.82, 2.24) is 0 Å². The van der Waals surface area contributed by atoms with Crippen LogP contribution in [0.2, 0.25) is 18.1 Å². The van der Waals surface area contributed by atoms with Crippen LogP contribution in [-0.4, -0.2) is 57.7 Å². The number of carbonyl (C=O) groups excluding carboxylic acids is 1. The number of methoxy groups -OCH3 is 1. The number of unbranched alkanes of at least 4 members (excludes halogenated alkanes) is 3. The van der Waals surface area contributed by atoms with E-state index >= 15 is 0 Å². The average Bonchev–Trinajstić information content (AvgIpc) is 3.38. The molecule has 1 heterocycles. The molecule has 1 aliphatic heterocycles. The second-order valence-corrected chi connectivity index (χ2v) is 17.1. The van der Waals surface area contributed by atoms with Crippen LogP contribution in [0.1, 0.15) is 98.3 Å². The highest BCUT2D eigenvalue weighted by atomic mass is 28.4. The monoisotopic (exact) mass is 526 g/mol. The van der Waals surface area contributed by atoms with E-state index in [1.54, 1.807) is 0 Å².